The molecule has 2 aromatic rings. The van der Waals surface area contributed by atoms with Crippen LogP contribution in [0, 0.1) is 11.7 Å². The van der Waals surface area contributed by atoms with E-state index in [-0.39, 0.29) is 0 Å². The minimum Gasteiger partial charge on any atom is -0.481 e. The van der Waals surface area contributed by atoms with Crippen LogP contribution in [-0.4, -0.2) is 28.0 Å². The number of nitrogens with zero attached hydrogens (tertiary/aromatic N) is 1. The molecule has 0 saturated carbocycles. The van der Waals surface area contributed by atoms with Crippen LogP contribution in [0.5, 0.6) is 0 Å². The van der Waals surface area contributed by atoms with Gasteiger partial charge in [-0.25, -0.2) is 9.37 Å². The molecule has 0 aliphatic heterocycles. The van der Waals surface area contributed by atoms with E-state index in [4.69, 9.17) is 5.11 Å². The molecule has 0 saturated heterocycles. The lowest BCUT2D eigenvalue weighted by atomic mass is 10.0. The number of rotatable bonds is 5. The highest BCUT2D eigenvalue weighted by molar-refractivity contribution is 7.16. The van der Waals surface area contributed by atoms with Crippen LogP contribution in [0.15, 0.2) is 30.5 Å². The van der Waals surface area contributed by atoms with E-state index in [1.54, 1.807) is 25.1 Å². The molecule has 7 heteroatoms. The Morgan fingerprint density at radius 3 is 2.64 bits per heavy atom. The third-order valence-electron chi connectivity index (χ3n) is 3.33. The number of hydrogen-bond acceptors (Lipinski definition) is 4. The lowest BCUT2D eigenvalue weighted by molar-refractivity contribution is -0.141. The maximum absolute atomic E-state index is 13.7. The van der Waals surface area contributed by atoms with Gasteiger partial charge in [0.15, 0.2) is 0 Å². The summed E-state index contributed by atoms with van der Waals surface area (Å²) in [6, 6.07) is 5.66. The molecule has 0 aliphatic rings. The second kappa shape index (κ2) is 6.65. The maximum Gasteiger partial charge on any atom is 0.308 e. The van der Waals surface area contributed by atoms with E-state index in [1.165, 1.54) is 19.2 Å². The van der Waals surface area contributed by atoms with Gasteiger partial charge in [0.2, 0.25) is 0 Å². The molecule has 1 aromatic heterocycles. The number of thiazole rings is 1. The standard InChI is InChI=1S/C15H15FN2O3S/c1-8(15(20)21)9(2)18-13(19)12-7-17-14(22-12)10-5-3-4-6-11(10)16/h3-9H,1-2H3,(H,18,19)(H,20,21). The Bertz CT molecular complexity index is 702. The van der Waals surface area contributed by atoms with E-state index in [0.717, 1.165) is 11.3 Å². The Hall–Kier alpha value is -2.28. The molecule has 0 fully saturated rings. The van der Waals surface area contributed by atoms with Gasteiger partial charge < -0.3 is 10.4 Å². The largest absolute Gasteiger partial charge is 0.481 e. The summed E-state index contributed by atoms with van der Waals surface area (Å²) < 4.78 is 13.7. The first kappa shape index (κ1) is 16.1. The highest BCUT2D eigenvalue weighted by Crippen LogP contribution is 2.27. The third kappa shape index (κ3) is 3.48. The number of aromatic nitrogens is 1. The van der Waals surface area contributed by atoms with E-state index in [2.05, 4.69) is 10.3 Å². The lowest BCUT2D eigenvalue weighted by Gasteiger charge is -2.16. The van der Waals surface area contributed by atoms with E-state index >= 15 is 0 Å². The van der Waals surface area contributed by atoms with Crippen molar-refractivity contribution in [1.82, 2.24) is 10.3 Å². The van der Waals surface area contributed by atoms with E-state index < -0.39 is 29.7 Å². The van der Waals surface area contributed by atoms with Crippen molar-refractivity contribution in [3.8, 4) is 10.6 Å². The van der Waals surface area contributed by atoms with Crippen LogP contribution in [0.1, 0.15) is 23.5 Å². The number of carboxylic acids is 1. The molecule has 0 radical (unpaired) electrons. The molecule has 22 heavy (non-hydrogen) atoms. The summed E-state index contributed by atoms with van der Waals surface area (Å²) in [4.78, 5) is 27.3. The van der Waals surface area contributed by atoms with Crippen LogP contribution >= 0.6 is 11.3 Å². The normalized spacial score (nSPS) is 13.4. The van der Waals surface area contributed by atoms with Gasteiger partial charge >= 0.3 is 5.97 Å². The Kier molecular flexibility index (Phi) is 4.87. The molecule has 1 aromatic carbocycles. The van der Waals surface area contributed by atoms with Gasteiger partial charge in [0.05, 0.1) is 12.1 Å². The second-order valence-electron chi connectivity index (χ2n) is 4.90. The van der Waals surface area contributed by atoms with Crippen LogP contribution in [0.2, 0.25) is 0 Å². The number of benzene rings is 1. The summed E-state index contributed by atoms with van der Waals surface area (Å²) in [5.74, 6) is -2.51. The number of amides is 1. The van der Waals surface area contributed by atoms with Crippen LogP contribution in [-0.2, 0) is 4.79 Å². The molecule has 0 bridgehead atoms. The van der Waals surface area contributed by atoms with Gasteiger partial charge in [0, 0.05) is 11.6 Å². The Labute approximate surface area is 130 Å². The number of carbonyl (C=O) groups is 2. The summed E-state index contributed by atoms with van der Waals surface area (Å²) in [6.07, 6.45) is 1.36. The third-order valence-corrected chi connectivity index (χ3v) is 4.36. The molecule has 2 unspecified atom stereocenters. The van der Waals surface area contributed by atoms with Crippen LogP contribution in [0.3, 0.4) is 0 Å². The zero-order valence-electron chi connectivity index (χ0n) is 12.0. The van der Waals surface area contributed by atoms with E-state index in [1.807, 2.05) is 0 Å². The minimum absolute atomic E-state index is 0.308. The van der Waals surface area contributed by atoms with Gasteiger partial charge in [-0.05, 0) is 26.0 Å². The fourth-order valence-corrected chi connectivity index (χ4v) is 2.60. The van der Waals surface area contributed by atoms with Crippen LogP contribution < -0.4 is 5.32 Å². The maximum atomic E-state index is 13.7. The summed E-state index contributed by atoms with van der Waals surface area (Å²) in [5.41, 5.74) is 0.332. The fourth-order valence-electron chi connectivity index (χ4n) is 1.76. The highest BCUT2D eigenvalue weighted by Gasteiger charge is 2.22. The zero-order chi connectivity index (χ0) is 16.3. The SMILES string of the molecule is CC(NC(=O)c1cnc(-c2ccccc2F)s1)C(C)C(=O)O. The molecule has 2 rings (SSSR count). The first-order chi connectivity index (χ1) is 10.4. The molecule has 2 N–H and O–H groups in total. The van der Waals surface area contributed by atoms with E-state index in [9.17, 15) is 14.0 Å². The van der Waals surface area contributed by atoms with Gasteiger partial charge in [0.1, 0.15) is 15.7 Å². The van der Waals surface area contributed by atoms with Crippen molar-refractivity contribution >= 4 is 23.2 Å². The Morgan fingerprint density at radius 1 is 1.32 bits per heavy atom. The predicted molar refractivity (Wildman–Crippen MR) is 81.2 cm³/mol. The summed E-state index contributed by atoms with van der Waals surface area (Å²) in [6.45, 7) is 3.14. The summed E-state index contributed by atoms with van der Waals surface area (Å²) >= 11 is 1.06. The molecule has 116 valence electrons. The zero-order valence-corrected chi connectivity index (χ0v) is 12.9. The van der Waals surface area contributed by atoms with Gasteiger partial charge in [-0.1, -0.05) is 12.1 Å². The second-order valence-corrected chi connectivity index (χ2v) is 5.93. The van der Waals surface area contributed by atoms with Crippen molar-refractivity contribution in [1.29, 1.82) is 0 Å². The summed E-state index contributed by atoms with van der Waals surface area (Å²) in [7, 11) is 0. The van der Waals surface area contributed by atoms with Crippen molar-refractivity contribution in [2.24, 2.45) is 5.92 Å². The van der Waals surface area contributed by atoms with Gasteiger partial charge in [-0.3, -0.25) is 9.59 Å². The Balaban J connectivity index is 2.13. The van der Waals surface area contributed by atoms with Crippen LogP contribution in [0.4, 0.5) is 4.39 Å². The molecular weight excluding hydrogens is 307 g/mol. The molecule has 1 amide bonds. The quantitative estimate of drug-likeness (QED) is 0.887. The number of aliphatic carboxylic acids is 1. The van der Waals surface area contributed by atoms with Gasteiger partial charge in [0.25, 0.3) is 5.91 Å². The van der Waals surface area contributed by atoms with Crippen LogP contribution in [0.25, 0.3) is 10.6 Å². The first-order valence-electron chi connectivity index (χ1n) is 6.64. The number of nitrogens with one attached hydrogen (secondary N) is 1. The van der Waals surface area contributed by atoms with Crippen molar-refractivity contribution < 1.29 is 19.1 Å². The molecular formula is C15H15FN2O3S. The fraction of sp³-hybridized carbons (Fsp3) is 0.267. The summed E-state index contributed by atoms with van der Waals surface area (Å²) in [5, 5.41) is 11.9. The average Bonchev–Trinajstić information content (AvgIpc) is 2.96. The van der Waals surface area contributed by atoms with Crippen molar-refractivity contribution in [3.05, 3.63) is 41.2 Å². The monoisotopic (exact) mass is 322 g/mol. The predicted octanol–water partition coefficient (Wildman–Crippen LogP) is 2.79. The van der Waals surface area contributed by atoms with Crippen molar-refractivity contribution in [2.45, 2.75) is 19.9 Å². The van der Waals surface area contributed by atoms with Gasteiger partial charge in [-0.2, -0.15) is 0 Å². The molecule has 2 atom stereocenters. The number of hydrogen-bond donors (Lipinski definition) is 2. The molecule has 5 nitrogen and oxygen atoms in total. The lowest BCUT2D eigenvalue weighted by Crippen LogP contribution is -2.39. The average molecular weight is 322 g/mol. The Morgan fingerprint density at radius 2 is 2.00 bits per heavy atom. The topological polar surface area (TPSA) is 79.3 Å². The number of carboxylic acid groups (broad SMARTS) is 1. The smallest absolute Gasteiger partial charge is 0.308 e. The van der Waals surface area contributed by atoms with Gasteiger partial charge in [-0.15, -0.1) is 11.3 Å². The molecule has 1 heterocycles. The molecule has 0 aliphatic carbocycles. The van der Waals surface area contributed by atoms with Crippen molar-refractivity contribution in [2.75, 3.05) is 0 Å². The highest BCUT2D eigenvalue weighted by atomic mass is 32.1. The molecule has 0 spiro atoms. The first-order valence-corrected chi connectivity index (χ1v) is 7.46. The number of carbonyl (C=O) groups excluding carboxylic acids is 1. The van der Waals surface area contributed by atoms with Crippen molar-refractivity contribution in [3.63, 3.8) is 0 Å². The minimum atomic E-state index is -0.982. The number of halogens is 1. The van der Waals surface area contributed by atoms with E-state index in [0.29, 0.717) is 15.4 Å².